The molecule has 0 radical (unpaired) electrons. The number of rotatable bonds is 4. The Balaban J connectivity index is 1.69. The number of aromatic nitrogens is 3. The molecule has 0 bridgehead atoms. The number of carbonyl (C=O) groups excluding carboxylic acids is 1. The van der Waals surface area contributed by atoms with Crippen LogP contribution in [0.3, 0.4) is 0 Å². The van der Waals surface area contributed by atoms with E-state index in [0.29, 0.717) is 11.3 Å². The van der Waals surface area contributed by atoms with E-state index < -0.39 is 23.4 Å². The number of benzene rings is 2. The molecule has 2 aromatic heterocycles. The van der Waals surface area contributed by atoms with Crippen LogP contribution in [-0.4, -0.2) is 20.3 Å². The lowest BCUT2D eigenvalue weighted by Crippen LogP contribution is -2.02. The number of nitrogens with zero attached hydrogens (tertiary/aromatic N) is 3. The molecule has 4 aromatic rings. The molecule has 0 aliphatic rings. The fourth-order valence-corrected chi connectivity index (χ4v) is 2.85. The van der Waals surface area contributed by atoms with Crippen molar-refractivity contribution in [2.24, 2.45) is 0 Å². The van der Waals surface area contributed by atoms with Gasteiger partial charge in [0, 0.05) is 23.6 Å². The van der Waals surface area contributed by atoms with E-state index in [-0.39, 0.29) is 16.8 Å². The van der Waals surface area contributed by atoms with Gasteiger partial charge in [-0.2, -0.15) is 4.39 Å². The van der Waals surface area contributed by atoms with Crippen molar-refractivity contribution in [1.82, 2.24) is 14.5 Å². The van der Waals surface area contributed by atoms with Crippen LogP contribution in [0.25, 0.3) is 16.8 Å². The third kappa shape index (κ3) is 3.29. The second-order valence-electron chi connectivity index (χ2n) is 6.01. The van der Waals surface area contributed by atoms with Crippen LogP contribution in [0.5, 0.6) is 0 Å². The van der Waals surface area contributed by atoms with E-state index >= 15 is 0 Å². The van der Waals surface area contributed by atoms with Gasteiger partial charge in [0.2, 0.25) is 11.7 Å². The summed E-state index contributed by atoms with van der Waals surface area (Å²) < 4.78 is 42.9. The highest BCUT2D eigenvalue weighted by atomic mass is 19.1. The van der Waals surface area contributed by atoms with Crippen molar-refractivity contribution in [3.8, 4) is 16.8 Å². The molecule has 0 unspecified atom stereocenters. The van der Waals surface area contributed by atoms with Gasteiger partial charge in [-0.15, -0.1) is 0 Å². The average molecular weight is 379 g/mol. The van der Waals surface area contributed by atoms with Crippen molar-refractivity contribution in [3.63, 3.8) is 0 Å². The van der Waals surface area contributed by atoms with Gasteiger partial charge in [-0.25, -0.2) is 18.7 Å². The Bertz CT molecular complexity index is 1170. The minimum atomic E-state index is -0.912. The van der Waals surface area contributed by atoms with Crippen LogP contribution >= 0.6 is 0 Å². The number of imidazole rings is 1. The second kappa shape index (κ2) is 7.11. The monoisotopic (exact) mass is 379 g/mol. The van der Waals surface area contributed by atoms with Gasteiger partial charge < -0.3 is 4.57 Å². The highest BCUT2D eigenvalue weighted by Crippen LogP contribution is 2.26. The van der Waals surface area contributed by atoms with E-state index in [1.54, 1.807) is 28.8 Å². The van der Waals surface area contributed by atoms with Gasteiger partial charge in [0.25, 0.3) is 0 Å². The summed E-state index contributed by atoms with van der Waals surface area (Å²) in [5.41, 5.74) is 0.909. The van der Waals surface area contributed by atoms with E-state index in [4.69, 9.17) is 0 Å². The lowest BCUT2D eigenvalue weighted by atomic mass is 10.1. The van der Waals surface area contributed by atoms with E-state index in [2.05, 4.69) is 9.97 Å². The molecule has 0 N–H and O–H groups in total. The van der Waals surface area contributed by atoms with Gasteiger partial charge in [-0.3, -0.25) is 4.79 Å². The summed E-state index contributed by atoms with van der Waals surface area (Å²) in [5, 5.41) is 0. The summed E-state index contributed by atoms with van der Waals surface area (Å²) >= 11 is 0. The molecule has 0 saturated carbocycles. The first-order valence-electron chi connectivity index (χ1n) is 8.28. The molecule has 2 heterocycles. The molecule has 7 heteroatoms. The molecule has 0 fully saturated rings. The Hall–Kier alpha value is -3.74. The lowest BCUT2D eigenvalue weighted by molar-refractivity contribution is 0.103. The van der Waals surface area contributed by atoms with Crippen LogP contribution in [-0.2, 0) is 0 Å². The fraction of sp³-hybridized carbons (Fsp3) is 0. The van der Waals surface area contributed by atoms with E-state index in [0.717, 1.165) is 18.3 Å². The number of hydrogen-bond donors (Lipinski definition) is 0. The van der Waals surface area contributed by atoms with Crippen LogP contribution in [0, 0.1) is 17.6 Å². The molecule has 0 aliphatic carbocycles. The quantitative estimate of drug-likeness (QED) is 0.385. The molecule has 0 spiro atoms. The van der Waals surface area contributed by atoms with E-state index in [1.165, 1.54) is 30.7 Å². The molecule has 0 amide bonds. The summed E-state index contributed by atoms with van der Waals surface area (Å²) in [6.45, 7) is 0. The average Bonchev–Trinajstić information content (AvgIpc) is 3.18. The standard InChI is InChI=1S/C21H12F3N3O/c22-15-5-1-4-14(9-15)20(28)18-11-27(12-26-18)16-6-2-3-13(10-16)19-17(23)7-8-25-21(19)24/h1-12H. The highest BCUT2D eigenvalue weighted by molar-refractivity contribution is 6.07. The number of ketones is 1. The Morgan fingerprint density at radius 3 is 2.54 bits per heavy atom. The lowest BCUT2D eigenvalue weighted by Gasteiger charge is -2.07. The SMILES string of the molecule is O=C(c1cccc(F)c1)c1cn(-c2cccc(-c3c(F)ccnc3F)c2)cn1. The summed E-state index contributed by atoms with van der Waals surface area (Å²) in [5.74, 6) is -2.58. The van der Waals surface area contributed by atoms with Crippen LogP contribution in [0.4, 0.5) is 13.2 Å². The molecule has 0 saturated heterocycles. The zero-order chi connectivity index (χ0) is 19.7. The molecular weight excluding hydrogens is 367 g/mol. The summed E-state index contributed by atoms with van der Waals surface area (Å²) in [6.07, 6.45) is 3.93. The van der Waals surface area contributed by atoms with Crippen molar-refractivity contribution in [2.45, 2.75) is 0 Å². The minimum absolute atomic E-state index is 0.120. The number of halogens is 3. The van der Waals surface area contributed by atoms with Crippen LogP contribution < -0.4 is 0 Å². The maximum atomic E-state index is 14.0. The molecule has 28 heavy (non-hydrogen) atoms. The smallest absolute Gasteiger partial charge is 0.223 e. The summed E-state index contributed by atoms with van der Waals surface area (Å²) in [7, 11) is 0. The first kappa shape index (κ1) is 17.7. The van der Waals surface area contributed by atoms with Crippen molar-refractivity contribution in [1.29, 1.82) is 0 Å². The summed E-state index contributed by atoms with van der Waals surface area (Å²) in [4.78, 5) is 20.0. The van der Waals surface area contributed by atoms with Gasteiger partial charge in [-0.1, -0.05) is 24.3 Å². The fourth-order valence-electron chi connectivity index (χ4n) is 2.85. The van der Waals surface area contributed by atoms with Gasteiger partial charge in [0.15, 0.2) is 0 Å². The van der Waals surface area contributed by atoms with Crippen molar-refractivity contribution >= 4 is 5.78 Å². The number of hydrogen-bond acceptors (Lipinski definition) is 3. The van der Waals surface area contributed by atoms with Gasteiger partial charge in [0.1, 0.15) is 23.7 Å². The Kier molecular flexibility index (Phi) is 4.49. The van der Waals surface area contributed by atoms with E-state index in [9.17, 15) is 18.0 Å². The molecule has 138 valence electrons. The minimum Gasteiger partial charge on any atom is -0.306 e. The molecule has 4 nitrogen and oxygen atoms in total. The van der Waals surface area contributed by atoms with Gasteiger partial charge in [0.05, 0.1) is 5.56 Å². The third-order valence-corrected chi connectivity index (χ3v) is 4.19. The second-order valence-corrected chi connectivity index (χ2v) is 6.01. The molecule has 0 atom stereocenters. The van der Waals surface area contributed by atoms with E-state index in [1.807, 2.05) is 0 Å². The Morgan fingerprint density at radius 2 is 1.75 bits per heavy atom. The Morgan fingerprint density at radius 1 is 0.929 bits per heavy atom. The zero-order valence-corrected chi connectivity index (χ0v) is 14.3. The number of carbonyl (C=O) groups is 1. The predicted octanol–water partition coefficient (Wildman–Crippen LogP) is 4.58. The van der Waals surface area contributed by atoms with Gasteiger partial charge >= 0.3 is 0 Å². The molecule has 0 aliphatic heterocycles. The predicted molar refractivity (Wildman–Crippen MR) is 96.5 cm³/mol. The topological polar surface area (TPSA) is 47.8 Å². The number of pyridine rings is 1. The molecule has 2 aromatic carbocycles. The molecular formula is C21H12F3N3O. The van der Waals surface area contributed by atoms with Crippen LogP contribution in [0.1, 0.15) is 16.1 Å². The highest BCUT2D eigenvalue weighted by Gasteiger charge is 2.15. The van der Waals surface area contributed by atoms with Crippen molar-refractivity contribution in [2.75, 3.05) is 0 Å². The summed E-state index contributed by atoms with van der Waals surface area (Å²) in [6, 6.07) is 12.9. The van der Waals surface area contributed by atoms with Crippen LogP contribution in [0.15, 0.2) is 73.3 Å². The van der Waals surface area contributed by atoms with Gasteiger partial charge in [-0.05, 0) is 35.9 Å². The zero-order valence-electron chi connectivity index (χ0n) is 14.3. The first-order valence-corrected chi connectivity index (χ1v) is 8.28. The van der Waals surface area contributed by atoms with Crippen LogP contribution in [0.2, 0.25) is 0 Å². The maximum Gasteiger partial charge on any atom is 0.223 e. The third-order valence-electron chi connectivity index (χ3n) is 4.19. The molecule has 4 rings (SSSR count). The van der Waals surface area contributed by atoms with Crippen molar-refractivity contribution < 1.29 is 18.0 Å². The normalized spacial score (nSPS) is 10.8. The Labute approximate surface area is 157 Å². The first-order chi connectivity index (χ1) is 13.5. The van der Waals surface area contributed by atoms with Crippen molar-refractivity contribution in [3.05, 3.63) is 102 Å². The largest absolute Gasteiger partial charge is 0.306 e. The maximum absolute atomic E-state index is 14.0.